The predicted octanol–water partition coefficient (Wildman–Crippen LogP) is 2.26. The molecule has 1 atom stereocenters. The molecule has 1 unspecified atom stereocenters. The van der Waals surface area contributed by atoms with Crippen LogP contribution in [-0.4, -0.2) is 21.9 Å². The minimum atomic E-state index is -0.175. The summed E-state index contributed by atoms with van der Waals surface area (Å²) in [5, 5.41) is 27.8. The average Bonchev–Trinajstić information content (AvgIpc) is 2.14. The van der Waals surface area contributed by atoms with Crippen LogP contribution in [0.4, 0.5) is 0 Å². The maximum Gasteiger partial charge on any atom is 0.172 e. The fraction of sp³-hybridized carbons (Fsp3) is 0.400. The molecule has 0 amide bonds. The number of aliphatic hydroxyl groups excluding tert-OH is 1. The van der Waals surface area contributed by atoms with Crippen molar-refractivity contribution in [3.63, 3.8) is 0 Å². The van der Waals surface area contributed by atoms with Gasteiger partial charge in [-0.05, 0) is 40.0 Å². The van der Waals surface area contributed by atoms with Gasteiger partial charge in [-0.25, -0.2) is 0 Å². The summed E-state index contributed by atoms with van der Waals surface area (Å²) in [5.74, 6) is -0.398. The molecule has 0 aliphatic rings. The van der Waals surface area contributed by atoms with Crippen molar-refractivity contribution in [1.82, 2.24) is 0 Å². The summed E-state index contributed by atoms with van der Waals surface area (Å²) in [6.07, 6.45) is 0. The molecule has 4 heteroatoms. The lowest BCUT2D eigenvalue weighted by Crippen LogP contribution is -2.02. The predicted molar refractivity (Wildman–Crippen MR) is 57.7 cm³/mol. The van der Waals surface area contributed by atoms with E-state index in [2.05, 4.69) is 15.9 Å². The van der Waals surface area contributed by atoms with E-state index in [1.807, 2.05) is 13.8 Å². The highest BCUT2D eigenvalue weighted by molar-refractivity contribution is 9.10. The van der Waals surface area contributed by atoms with Crippen molar-refractivity contribution in [3.05, 3.63) is 21.7 Å². The normalized spacial score (nSPS) is 12.9. The van der Waals surface area contributed by atoms with Gasteiger partial charge >= 0.3 is 0 Å². The Morgan fingerprint density at radius 1 is 1.43 bits per heavy atom. The summed E-state index contributed by atoms with van der Waals surface area (Å²) >= 11 is 3.20. The van der Waals surface area contributed by atoms with Gasteiger partial charge in [0.1, 0.15) is 0 Å². The van der Waals surface area contributed by atoms with Gasteiger partial charge in [0.05, 0.1) is 4.47 Å². The molecule has 0 spiro atoms. The first-order valence-corrected chi connectivity index (χ1v) is 5.10. The molecule has 1 aromatic carbocycles. The molecule has 1 aromatic rings. The Morgan fingerprint density at radius 2 is 2.00 bits per heavy atom. The number of aromatic hydroxyl groups is 2. The van der Waals surface area contributed by atoms with Gasteiger partial charge < -0.3 is 15.3 Å². The number of aliphatic hydroxyl groups is 1. The molecule has 0 aromatic heterocycles. The third kappa shape index (κ3) is 1.86. The van der Waals surface area contributed by atoms with Crippen LogP contribution in [0.15, 0.2) is 10.5 Å². The van der Waals surface area contributed by atoms with Crippen molar-refractivity contribution in [2.75, 3.05) is 6.61 Å². The van der Waals surface area contributed by atoms with E-state index < -0.39 is 0 Å². The van der Waals surface area contributed by atoms with E-state index >= 15 is 0 Å². The Bertz CT molecular complexity index is 350. The van der Waals surface area contributed by atoms with Crippen LogP contribution < -0.4 is 0 Å². The standard InChI is InChI=1S/C10H13BrO3/c1-5-3-7(13)10(14)9(11)8(5)6(2)4-12/h3,6,12-14H,4H2,1-2H3. The number of hydrogen-bond donors (Lipinski definition) is 3. The van der Waals surface area contributed by atoms with Gasteiger partial charge in [0.25, 0.3) is 0 Å². The minimum Gasteiger partial charge on any atom is -0.504 e. The zero-order valence-corrected chi connectivity index (χ0v) is 9.67. The summed E-state index contributed by atoms with van der Waals surface area (Å²) in [4.78, 5) is 0. The molecule has 14 heavy (non-hydrogen) atoms. The zero-order chi connectivity index (χ0) is 10.9. The summed E-state index contributed by atoms with van der Waals surface area (Å²) in [6, 6.07) is 1.49. The molecule has 0 radical (unpaired) electrons. The van der Waals surface area contributed by atoms with Crippen LogP contribution in [-0.2, 0) is 0 Å². The minimum absolute atomic E-state index is 0.00363. The molecule has 0 fully saturated rings. The van der Waals surface area contributed by atoms with Gasteiger partial charge in [-0.15, -0.1) is 0 Å². The van der Waals surface area contributed by atoms with Crippen LogP contribution >= 0.6 is 15.9 Å². The maximum absolute atomic E-state index is 9.48. The summed E-state index contributed by atoms with van der Waals surface area (Å²) in [5.41, 5.74) is 1.66. The highest BCUT2D eigenvalue weighted by Crippen LogP contribution is 2.40. The van der Waals surface area contributed by atoms with E-state index in [0.29, 0.717) is 4.47 Å². The monoisotopic (exact) mass is 260 g/mol. The summed E-state index contributed by atoms with van der Waals surface area (Å²) in [6.45, 7) is 3.68. The summed E-state index contributed by atoms with van der Waals surface area (Å²) < 4.78 is 0.455. The first-order valence-electron chi connectivity index (χ1n) is 4.30. The Labute approximate surface area is 91.1 Å². The van der Waals surface area contributed by atoms with E-state index in [1.54, 1.807) is 0 Å². The van der Waals surface area contributed by atoms with E-state index in [9.17, 15) is 10.2 Å². The van der Waals surface area contributed by atoms with Gasteiger partial charge in [-0.1, -0.05) is 6.92 Å². The van der Waals surface area contributed by atoms with Gasteiger partial charge in [-0.3, -0.25) is 0 Å². The highest BCUT2D eigenvalue weighted by Gasteiger charge is 2.17. The van der Waals surface area contributed by atoms with E-state index in [-0.39, 0.29) is 24.0 Å². The Balaban J connectivity index is 3.36. The van der Waals surface area contributed by atoms with Crippen LogP contribution in [0.3, 0.4) is 0 Å². The van der Waals surface area contributed by atoms with E-state index in [1.165, 1.54) is 6.07 Å². The second-order valence-electron chi connectivity index (χ2n) is 3.37. The Kier molecular flexibility index (Phi) is 3.39. The molecule has 0 saturated heterocycles. The molecule has 0 saturated carbocycles. The molecule has 0 bridgehead atoms. The number of phenolic OH excluding ortho intramolecular Hbond substituents is 2. The van der Waals surface area contributed by atoms with Crippen LogP contribution in [0.2, 0.25) is 0 Å². The number of hydrogen-bond acceptors (Lipinski definition) is 3. The molecule has 3 N–H and O–H groups in total. The second-order valence-corrected chi connectivity index (χ2v) is 4.17. The van der Waals surface area contributed by atoms with Crippen molar-refractivity contribution >= 4 is 15.9 Å². The molecule has 3 nitrogen and oxygen atoms in total. The molecule has 0 aliphatic carbocycles. The molecule has 0 aliphatic heterocycles. The lowest BCUT2D eigenvalue weighted by atomic mass is 9.96. The third-order valence-corrected chi connectivity index (χ3v) is 3.03. The fourth-order valence-corrected chi connectivity index (χ4v) is 2.37. The highest BCUT2D eigenvalue weighted by atomic mass is 79.9. The zero-order valence-electron chi connectivity index (χ0n) is 8.08. The number of halogens is 1. The first kappa shape index (κ1) is 11.3. The number of benzene rings is 1. The van der Waals surface area contributed by atoms with Gasteiger partial charge in [0.2, 0.25) is 0 Å². The molecule has 0 heterocycles. The molecule has 1 rings (SSSR count). The second kappa shape index (κ2) is 4.19. The van der Waals surface area contributed by atoms with Crippen molar-refractivity contribution in [2.24, 2.45) is 0 Å². The fourth-order valence-electron chi connectivity index (χ4n) is 1.46. The van der Waals surface area contributed by atoms with E-state index in [0.717, 1.165) is 11.1 Å². The Hall–Kier alpha value is -0.740. The lowest BCUT2D eigenvalue weighted by molar-refractivity contribution is 0.272. The number of phenols is 2. The van der Waals surface area contributed by atoms with Crippen LogP contribution in [0.1, 0.15) is 24.0 Å². The largest absolute Gasteiger partial charge is 0.504 e. The molecule has 78 valence electrons. The quantitative estimate of drug-likeness (QED) is 0.715. The van der Waals surface area contributed by atoms with Gasteiger partial charge in [-0.2, -0.15) is 0 Å². The topological polar surface area (TPSA) is 60.7 Å². The molecular formula is C10H13BrO3. The average molecular weight is 261 g/mol. The van der Waals surface area contributed by atoms with Crippen molar-refractivity contribution in [1.29, 1.82) is 0 Å². The van der Waals surface area contributed by atoms with Crippen molar-refractivity contribution in [2.45, 2.75) is 19.8 Å². The van der Waals surface area contributed by atoms with Crippen LogP contribution in [0, 0.1) is 6.92 Å². The summed E-state index contributed by atoms with van der Waals surface area (Å²) in [7, 11) is 0. The Morgan fingerprint density at radius 3 is 2.50 bits per heavy atom. The lowest BCUT2D eigenvalue weighted by Gasteiger charge is -2.16. The van der Waals surface area contributed by atoms with Crippen molar-refractivity contribution in [3.8, 4) is 11.5 Å². The van der Waals surface area contributed by atoms with Crippen LogP contribution in [0.25, 0.3) is 0 Å². The van der Waals surface area contributed by atoms with Crippen molar-refractivity contribution < 1.29 is 15.3 Å². The smallest absolute Gasteiger partial charge is 0.172 e. The third-order valence-electron chi connectivity index (χ3n) is 2.23. The van der Waals surface area contributed by atoms with Gasteiger partial charge in [0, 0.05) is 12.5 Å². The van der Waals surface area contributed by atoms with E-state index in [4.69, 9.17) is 5.11 Å². The van der Waals surface area contributed by atoms with Crippen LogP contribution in [0.5, 0.6) is 11.5 Å². The number of aryl methyl sites for hydroxylation is 1. The van der Waals surface area contributed by atoms with Gasteiger partial charge in [0.15, 0.2) is 11.5 Å². The number of rotatable bonds is 2. The maximum atomic E-state index is 9.48. The SMILES string of the molecule is Cc1cc(O)c(O)c(Br)c1C(C)CO. The molecular weight excluding hydrogens is 248 g/mol. The first-order chi connectivity index (χ1) is 6.49.